The van der Waals surface area contributed by atoms with Crippen LogP contribution < -0.4 is 16.4 Å². The molecule has 4 nitrogen and oxygen atoms in total. The molecule has 0 heterocycles. The molecule has 0 aromatic heterocycles. The normalized spacial score (nSPS) is 19.0. The maximum Gasteiger partial charge on any atom is 0.237 e. The second kappa shape index (κ2) is 9.44. The van der Waals surface area contributed by atoms with Gasteiger partial charge >= 0.3 is 0 Å². The summed E-state index contributed by atoms with van der Waals surface area (Å²) in [7, 11) is 0. The number of nitrogens with one attached hydrogen (secondary N) is 2. The van der Waals surface area contributed by atoms with Crippen LogP contribution in [0.5, 0.6) is 0 Å². The number of thioether (sulfide) groups is 1. The molecule has 1 aromatic rings. The number of benzene rings is 1. The van der Waals surface area contributed by atoms with Gasteiger partial charge in [-0.2, -0.15) is 11.8 Å². The Hall–Kier alpha value is -1.04. The van der Waals surface area contributed by atoms with E-state index in [1.165, 1.54) is 18.4 Å². The van der Waals surface area contributed by atoms with E-state index in [0.29, 0.717) is 6.54 Å². The van der Waals surface area contributed by atoms with E-state index >= 15 is 0 Å². The first kappa shape index (κ1) is 19.3. The fourth-order valence-corrected chi connectivity index (χ4v) is 3.96. The fraction of sp³-hybridized carbons (Fsp3) is 0.632. The van der Waals surface area contributed by atoms with E-state index in [1.807, 2.05) is 12.3 Å². The van der Waals surface area contributed by atoms with Gasteiger partial charge in [0.05, 0.1) is 6.04 Å². The van der Waals surface area contributed by atoms with Crippen LogP contribution in [0.2, 0.25) is 0 Å². The van der Waals surface area contributed by atoms with E-state index in [9.17, 15) is 4.79 Å². The van der Waals surface area contributed by atoms with Crippen LogP contribution in [0.4, 0.5) is 0 Å². The predicted molar refractivity (Wildman–Crippen MR) is 103 cm³/mol. The summed E-state index contributed by atoms with van der Waals surface area (Å²) in [5, 5.41) is 6.88. The zero-order valence-electron chi connectivity index (χ0n) is 14.9. The van der Waals surface area contributed by atoms with Crippen LogP contribution in [-0.2, 0) is 4.79 Å². The molecule has 0 saturated heterocycles. The van der Waals surface area contributed by atoms with Gasteiger partial charge in [0.25, 0.3) is 0 Å². The van der Waals surface area contributed by atoms with Crippen molar-refractivity contribution in [2.24, 2.45) is 5.73 Å². The van der Waals surface area contributed by atoms with Crippen molar-refractivity contribution in [3.8, 4) is 0 Å². The summed E-state index contributed by atoms with van der Waals surface area (Å²) < 4.78 is 0. The molecule has 1 unspecified atom stereocenters. The van der Waals surface area contributed by atoms with Crippen molar-refractivity contribution < 1.29 is 4.79 Å². The highest BCUT2D eigenvalue weighted by Crippen LogP contribution is 2.31. The lowest BCUT2D eigenvalue weighted by Crippen LogP contribution is -2.54. The van der Waals surface area contributed by atoms with Gasteiger partial charge in [0.15, 0.2) is 0 Å². The molecule has 1 aliphatic rings. The largest absolute Gasteiger partial charge is 0.353 e. The molecule has 24 heavy (non-hydrogen) atoms. The van der Waals surface area contributed by atoms with Crippen LogP contribution in [-0.4, -0.2) is 36.0 Å². The van der Waals surface area contributed by atoms with E-state index in [2.05, 4.69) is 41.8 Å². The Bertz CT molecular complexity index is 503. The highest BCUT2D eigenvalue weighted by molar-refractivity contribution is 7.98. The molecule has 1 aromatic carbocycles. The average Bonchev–Trinajstić information content (AvgIpc) is 3.07. The highest BCUT2D eigenvalue weighted by Gasteiger charge is 2.35. The van der Waals surface area contributed by atoms with Gasteiger partial charge in [0.2, 0.25) is 5.91 Å². The first-order chi connectivity index (χ1) is 11.6. The Morgan fingerprint density at radius 2 is 1.96 bits per heavy atom. The van der Waals surface area contributed by atoms with E-state index in [1.54, 1.807) is 11.8 Å². The molecule has 4 N–H and O–H groups in total. The SMILES string of the molecule is CSCC[C@H](N)C(=O)NCC1(NC(C)c2ccccc2)CCCC1. The maximum atomic E-state index is 12.2. The second-order valence-electron chi connectivity index (χ2n) is 6.87. The van der Waals surface area contributed by atoms with Gasteiger partial charge in [-0.05, 0) is 43.8 Å². The van der Waals surface area contributed by atoms with Crippen molar-refractivity contribution in [2.75, 3.05) is 18.6 Å². The van der Waals surface area contributed by atoms with E-state index in [4.69, 9.17) is 5.73 Å². The van der Waals surface area contributed by atoms with Crippen molar-refractivity contribution >= 4 is 17.7 Å². The van der Waals surface area contributed by atoms with Gasteiger partial charge in [-0.25, -0.2) is 0 Å². The molecule has 5 heteroatoms. The molecular formula is C19H31N3OS. The van der Waals surface area contributed by atoms with E-state index < -0.39 is 6.04 Å². The molecule has 1 aliphatic carbocycles. The topological polar surface area (TPSA) is 67.2 Å². The summed E-state index contributed by atoms with van der Waals surface area (Å²) in [6, 6.07) is 10.4. The Morgan fingerprint density at radius 1 is 1.29 bits per heavy atom. The van der Waals surface area contributed by atoms with Crippen LogP contribution in [0.15, 0.2) is 30.3 Å². The summed E-state index contributed by atoms with van der Waals surface area (Å²) in [5.74, 6) is 0.896. The van der Waals surface area contributed by atoms with Crippen LogP contribution in [0.1, 0.15) is 50.6 Å². The smallest absolute Gasteiger partial charge is 0.237 e. The quantitative estimate of drug-likeness (QED) is 0.641. The highest BCUT2D eigenvalue weighted by atomic mass is 32.2. The van der Waals surface area contributed by atoms with Crippen LogP contribution in [0, 0.1) is 0 Å². The second-order valence-corrected chi connectivity index (χ2v) is 7.86. The van der Waals surface area contributed by atoms with Crippen LogP contribution in [0.25, 0.3) is 0 Å². The van der Waals surface area contributed by atoms with Crippen molar-refractivity contribution in [3.05, 3.63) is 35.9 Å². The molecule has 0 bridgehead atoms. The summed E-state index contributed by atoms with van der Waals surface area (Å²) in [5.41, 5.74) is 7.25. The minimum atomic E-state index is -0.401. The van der Waals surface area contributed by atoms with Crippen molar-refractivity contribution in [3.63, 3.8) is 0 Å². The Labute approximate surface area is 150 Å². The standard InChI is InChI=1S/C19H31N3OS/c1-15(16-8-4-3-5-9-16)22-19(11-6-7-12-19)14-21-18(23)17(20)10-13-24-2/h3-5,8-9,15,17,22H,6-7,10-14,20H2,1-2H3,(H,21,23)/t15?,17-/m0/s1. The minimum Gasteiger partial charge on any atom is -0.353 e. The fourth-order valence-electron chi connectivity index (χ4n) is 3.47. The Kier molecular flexibility index (Phi) is 7.59. The molecule has 1 fully saturated rings. The van der Waals surface area contributed by atoms with E-state index in [0.717, 1.165) is 25.0 Å². The summed E-state index contributed by atoms with van der Waals surface area (Å²) in [6.07, 6.45) is 7.39. The van der Waals surface area contributed by atoms with Gasteiger partial charge in [-0.15, -0.1) is 0 Å². The third kappa shape index (κ3) is 5.50. The van der Waals surface area contributed by atoms with Gasteiger partial charge in [-0.1, -0.05) is 43.2 Å². The number of carbonyl (C=O) groups excluding carboxylic acids is 1. The maximum absolute atomic E-state index is 12.2. The third-order valence-corrected chi connectivity index (χ3v) is 5.60. The third-order valence-electron chi connectivity index (χ3n) is 4.95. The van der Waals surface area contributed by atoms with Gasteiger partial charge in [0.1, 0.15) is 0 Å². The lowest BCUT2D eigenvalue weighted by atomic mass is 9.94. The predicted octanol–water partition coefficient (Wildman–Crippen LogP) is 2.85. The van der Waals surface area contributed by atoms with Crippen LogP contribution >= 0.6 is 11.8 Å². The number of hydrogen-bond acceptors (Lipinski definition) is 4. The molecular weight excluding hydrogens is 318 g/mol. The van der Waals surface area contributed by atoms with Crippen molar-refractivity contribution in [1.82, 2.24) is 10.6 Å². The molecule has 2 rings (SSSR count). The minimum absolute atomic E-state index is 0.00978. The molecule has 1 saturated carbocycles. The van der Waals surface area contributed by atoms with E-state index in [-0.39, 0.29) is 17.5 Å². The monoisotopic (exact) mass is 349 g/mol. The number of rotatable bonds is 9. The van der Waals surface area contributed by atoms with Gasteiger partial charge < -0.3 is 16.4 Å². The first-order valence-electron chi connectivity index (χ1n) is 8.91. The zero-order chi connectivity index (χ0) is 17.4. The number of carbonyl (C=O) groups is 1. The molecule has 2 atom stereocenters. The van der Waals surface area contributed by atoms with Crippen molar-refractivity contribution in [1.29, 1.82) is 0 Å². The molecule has 0 spiro atoms. The van der Waals surface area contributed by atoms with Gasteiger partial charge in [-0.3, -0.25) is 4.79 Å². The number of hydrogen-bond donors (Lipinski definition) is 3. The molecule has 134 valence electrons. The number of nitrogens with two attached hydrogens (primary N) is 1. The average molecular weight is 350 g/mol. The van der Waals surface area contributed by atoms with Crippen molar-refractivity contribution in [2.45, 2.75) is 56.7 Å². The lowest BCUT2D eigenvalue weighted by molar-refractivity contribution is -0.122. The number of amides is 1. The van der Waals surface area contributed by atoms with Gasteiger partial charge in [0, 0.05) is 18.1 Å². The molecule has 0 radical (unpaired) electrons. The summed E-state index contributed by atoms with van der Waals surface area (Å²) in [6.45, 7) is 2.86. The molecule has 0 aliphatic heterocycles. The van der Waals surface area contributed by atoms with Crippen LogP contribution in [0.3, 0.4) is 0 Å². The summed E-state index contributed by atoms with van der Waals surface area (Å²) in [4.78, 5) is 12.2. The zero-order valence-corrected chi connectivity index (χ0v) is 15.7. The Balaban J connectivity index is 1.92. The summed E-state index contributed by atoms with van der Waals surface area (Å²) >= 11 is 1.72. The lowest BCUT2D eigenvalue weighted by Gasteiger charge is -2.34. The first-order valence-corrected chi connectivity index (χ1v) is 10.3. The Morgan fingerprint density at radius 3 is 2.58 bits per heavy atom. The molecule has 1 amide bonds.